The zero-order valence-corrected chi connectivity index (χ0v) is 20.7. The highest BCUT2D eigenvalue weighted by atomic mass is 35.5. The van der Waals surface area contributed by atoms with E-state index in [9.17, 15) is 0 Å². The molecule has 0 saturated carbocycles. The molecular weight excluding hydrogens is 392 g/mol. The van der Waals surface area contributed by atoms with E-state index in [1.807, 2.05) is 18.2 Å². The van der Waals surface area contributed by atoms with Crippen LogP contribution in [0.1, 0.15) is 38.2 Å². The third-order valence-electron chi connectivity index (χ3n) is 5.24. The predicted octanol–water partition coefficient (Wildman–Crippen LogP) is 6.55. The lowest BCUT2D eigenvalue weighted by atomic mass is 10.2. The molecule has 0 aromatic heterocycles. The number of unbranched alkanes of at least 4 members (excludes halogenated alkanes) is 3. The van der Waals surface area contributed by atoms with Gasteiger partial charge in [0.15, 0.2) is 8.07 Å². The maximum Gasteiger partial charge on any atom is 0.162 e. The van der Waals surface area contributed by atoms with Crippen LogP contribution in [0.4, 0.5) is 0 Å². The van der Waals surface area contributed by atoms with Gasteiger partial charge in [0, 0.05) is 11.4 Å². The van der Waals surface area contributed by atoms with Crippen molar-refractivity contribution < 1.29 is 0 Å². The molecule has 2 rings (SSSR count). The number of hydrogen-bond donors (Lipinski definition) is 0. The molecule has 0 aliphatic heterocycles. The zero-order chi connectivity index (χ0) is 20.6. The summed E-state index contributed by atoms with van der Waals surface area (Å²) in [6, 6.07) is 17.3. The Bertz CT molecular complexity index is 852. The number of hydrogen-bond acceptors (Lipinski definition) is 0. The summed E-state index contributed by atoms with van der Waals surface area (Å²) in [6.07, 6.45) is 6.99. The van der Waals surface area contributed by atoms with Crippen LogP contribution in [-0.2, 0) is 0 Å². The number of benzene rings is 2. The lowest BCUT2D eigenvalue weighted by Gasteiger charge is -2.21. The van der Waals surface area contributed by atoms with Gasteiger partial charge >= 0.3 is 0 Å². The minimum absolute atomic E-state index is 0.809. The predicted molar refractivity (Wildman–Crippen MR) is 133 cm³/mol. The van der Waals surface area contributed by atoms with Crippen molar-refractivity contribution in [3.8, 4) is 11.5 Å². The second kappa shape index (κ2) is 10.3. The first-order chi connectivity index (χ1) is 13.3. The van der Waals surface area contributed by atoms with E-state index < -0.39 is 16.1 Å². The third-order valence-corrected chi connectivity index (χ3v) is 11.0. The lowest BCUT2D eigenvalue weighted by Crippen LogP contribution is -2.44. The molecule has 0 radical (unpaired) electrons. The Morgan fingerprint density at radius 2 is 1.54 bits per heavy atom. The van der Waals surface area contributed by atoms with Gasteiger partial charge in [0.2, 0.25) is 0 Å². The van der Waals surface area contributed by atoms with Crippen LogP contribution in [0.2, 0.25) is 31.2 Å². The van der Waals surface area contributed by atoms with Gasteiger partial charge in [-0.25, -0.2) is 0 Å². The Balaban J connectivity index is 2.13. The maximum absolute atomic E-state index is 6.30. The van der Waals surface area contributed by atoms with Crippen molar-refractivity contribution >= 4 is 44.2 Å². The Morgan fingerprint density at radius 3 is 2.18 bits per heavy atom. The average molecular weight is 425 g/mol. The van der Waals surface area contributed by atoms with Gasteiger partial charge in [-0.15, -0.1) is 11.5 Å². The lowest BCUT2D eigenvalue weighted by molar-refractivity contribution is 0.737. The van der Waals surface area contributed by atoms with E-state index in [0.717, 1.165) is 17.0 Å². The molecule has 3 heteroatoms. The molecule has 0 saturated heterocycles. The number of halogens is 1. The van der Waals surface area contributed by atoms with Crippen LogP contribution in [0.5, 0.6) is 0 Å². The molecule has 2 aromatic carbocycles. The fourth-order valence-electron chi connectivity index (χ4n) is 3.14. The monoisotopic (exact) mass is 424 g/mol. The van der Waals surface area contributed by atoms with Gasteiger partial charge < -0.3 is 0 Å². The van der Waals surface area contributed by atoms with Gasteiger partial charge in [-0.2, -0.15) is 0 Å². The summed E-state index contributed by atoms with van der Waals surface area (Å²) in [4.78, 5) is 0. The molecule has 0 atom stereocenters. The topological polar surface area (TPSA) is 0 Å². The maximum atomic E-state index is 6.30. The number of rotatable bonds is 7. The summed E-state index contributed by atoms with van der Waals surface area (Å²) in [7, 11) is -3.35. The molecule has 2 aromatic rings. The van der Waals surface area contributed by atoms with Crippen LogP contribution in [-0.4, -0.2) is 16.1 Å². The van der Waals surface area contributed by atoms with Crippen molar-refractivity contribution in [3.63, 3.8) is 0 Å². The smallest absolute Gasteiger partial charge is 0.126 e. The summed E-state index contributed by atoms with van der Waals surface area (Å²) >= 11 is 6.30. The first-order valence-corrected chi connectivity index (χ1v) is 16.8. The molecule has 0 fully saturated rings. The second-order valence-corrected chi connectivity index (χ2v) is 17.4. The summed E-state index contributed by atoms with van der Waals surface area (Å²) in [5.74, 6) is 3.44. The largest absolute Gasteiger partial charge is 0.162 e. The van der Waals surface area contributed by atoms with E-state index in [1.165, 1.54) is 29.6 Å². The van der Waals surface area contributed by atoms with Crippen molar-refractivity contribution in [2.24, 2.45) is 0 Å². The van der Waals surface area contributed by atoms with Crippen molar-refractivity contribution in [3.05, 3.63) is 64.8 Å². The summed E-state index contributed by atoms with van der Waals surface area (Å²) in [5, 5.41) is 3.68. The molecular formula is C25H33ClSi2. The SMILES string of the molecule is CCCCCC#C[Si](C)(C)c1ccc([Si](C)(C)/C=C/c2ccccc2Cl)cc1. The summed E-state index contributed by atoms with van der Waals surface area (Å²) in [5.41, 5.74) is 7.08. The fraction of sp³-hybridized carbons (Fsp3) is 0.360. The second-order valence-electron chi connectivity index (χ2n) is 8.54. The minimum atomic E-state index is -1.68. The van der Waals surface area contributed by atoms with Crippen molar-refractivity contribution in [1.82, 2.24) is 0 Å². The Hall–Kier alpha value is -1.54. The van der Waals surface area contributed by atoms with Crippen molar-refractivity contribution in [2.45, 2.75) is 58.8 Å². The van der Waals surface area contributed by atoms with E-state index in [1.54, 1.807) is 0 Å². The normalized spacial score (nSPS) is 12.1. The highest BCUT2D eigenvalue weighted by Gasteiger charge is 2.24. The van der Waals surface area contributed by atoms with Crippen LogP contribution in [0.3, 0.4) is 0 Å². The third kappa shape index (κ3) is 6.52. The molecule has 0 nitrogen and oxygen atoms in total. The molecule has 0 N–H and O–H groups in total. The first-order valence-electron chi connectivity index (χ1n) is 10.3. The molecule has 28 heavy (non-hydrogen) atoms. The average Bonchev–Trinajstić information content (AvgIpc) is 2.67. The van der Waals surface area contributed by atoms with E-state index in [-0.39, 0.29) is 0 Å². The molecule has 0 spiro atoms. The van der Waals surface area contributed by atoms with E-state index in [0.29, 0.717) is 0 Å². The van der Waals surface area contributed by atoms with Crippen LogP contribution in [0.15, 0.2) is 54.2 Å². The molecule has 148 valence electrons. The summed E-state index contributed by atoms with van der Waals surface area (Å²) < 4.78 is 0. The van der Waals surface area contributed by atoms with Crippen molar-refractivity contribution in [2.75, 3.05) is 0 Å². The quantitative estimate of drug-likeness (QED) is 0.268. The van der Waals surface area contributed by atoms with Gasteiger partial charge in [0.25, 0.3) is 0 Å². The highest BCUT2D eigenvalue weighted by molar-refractivity contribution is 6.97. The summed E-state index contributed by atoms with van der Waals surface area (Å²) in [6.45, 7) is 11.7. The van der Waals surface area contributed by atoms with Crippen molar-refractivity contribution in [1.29, 1.82) is 0 Å². The standard InChI is InChI=1S/C25H33ClSi2/c1-6-7-8-9-12-20-27(2,3)23-15-17-24(18-16-23)28(4,5)21-19-22-13-10-11-14-25(22)26/h10-11,13-19,21H,6-9H2,1-5H3/b21-19+. The Morgan fingerprint density at radius 1 is 0.893 bits per heavy atom. The van der Waals surface area contributed by atoms with Gasteiger partial charge in [0.05, 0.1) is 0 Å². The first kappa shape index (κ1) is 22.7. The molecule has 0 aliphatic carbocycles. The Kier molecular flexibility index (Phi) is 8.37. The van der Waals surface area contributed by atoms with E-state index in [4.69, 9.17) is 11.6 Å². The van der Waals surface area contributed by atoms with Gasteiger partial charge in [0.1, 0.15) is 8.07 Å². The van der Waals surface area contributed by atoms with Crippen LogP contribution >= 0.6 is 11.6 Å². The molecule has 0 bridgehead atoms. The molecule has 0 unspecified atom stereocenters. The van der Waals surface area contributed by atoms with Crippen LogP contribution in [0.25, 0.3) is 6.08 Å². The fourth-order valence-corrected chi connectivity index (χ4v) is 6.86. The molecule has 0 aliphatic rings. The van der Waals surface area contributed by atoms with Crippen LogP contribution < -0.4 is 10.4 Å². The van der Waals surface area contributed by atoms with Gasteiger partial charge in [-0.3, -0.25) is 0 Å². The van der Waals surface area contributed by atoms with Gasteiger partial charge in [-0.05, 0) is 23.2 Å². The molecule has 0 heterocycles. The van der Waals surface area contributed by atoms with Gasteiger partial charge in [-0.1, -0.05) is 117 Å². The minimum Gasteiger partial charge on any atom is -0.126 e. The van der Waals surface area contributed by atoms with E-state index >= 15 is 0 Å². The zero-order valence-electron chi connectivity index (χ0n) is 18.0. The molecule has 0 amide bonds. The van der Waals surface area contributed by atoms with E-state index in [2.05, 4.69) is 86.7 Å². The highest BCUT2D eigenvalue weighted by Crippen LogP contribution is 2.18. The van der Waals surface area contributed by atoms with Crippen LogP contribution in [0, 0.1) is 11.5 Å². The Labute approximate surface area is 179 Å².